The van der Waals surface area contributed by atoms with Crippen LogP contribution in [0, 0.1) is 5.82 Å². The van der Waals surface area contributed by atoms with Gasteiger partial charge in [0.15, 0.2) is 0 Å². The summed E-state index contributed by atoms with van der Waals surface area (Å²) in [5, 5.41) is 3.87. The monoisotopic (exact) mass is 480 g/mol. The Bertz CT molecular complexity index is 952. The first-order valence-corrected chi connectivity index (χ1v) is 13.2. The van der Waals surface area contributed by atoms with Gasteiger partial charge in [-0.3, -0.25) is 4.79 Å². The predicted octanol–water partition coefficient (Wildman–Crippen LogP) is 3.81. The molecule has 0 fully saturated rings. The van der Waals surface area contributed by atoms with Gasteiger partial charge in [-0.1, -0.05) is 30.3 Å². The molecule has 32 heavy (non-hydrogen) atoms. The minimum atomic E-state index is -3.77. The number of thioether (sulfide) groups is 1. The van der Waals surface area contributed by atoms with E-state index in [2.05, 4.69) is 10.0 Å². The molecule has 0 saturated carbocycles. The number of rotatable bonds is 14. The van der Waals surface area contributed by atoms with Gasteiger partial charge in [-0.05, 0) is 67.2 Å². The van der Waals surface area contributed by atoms with E-state index in [1.807, 2.05) is 24.5 Å². The topological polar surface area (TPSA) is 84.5 Å². The van der Waals surface area contributed by atoms with Crippen LogP contribution >= 0.6 is 11.8 Å². The highest BCUT2D eigenvalue weighted by molar-refractivity contribution is 7.98. The number of carbonyl (C=O) groups excluding carboxylic acids is 1. The highest BCUT2D eigenvalue weighted by Gasteiger charge is 2.22. The molecule has 1 amide bonds. The fourth-order valence-corrected chi connectivity index (χ4v) is 4.24. The lowest BCUT2D eigenvalue weighted by molar-refractivity contribution is -0.122. The van der Waals surface area contributed by atoms with Gasteiger partial charge in [0.05, 0.1) is 6.61 Å². The van der Waals surface area contributed by atoms with Gasteiger partial charge in [-0.2, -0.15) is 16.5 Å². The summed E-state index contributed by atoms with van der Waals surface area (Å²) in [6.45, 7) is 0.845. The van der Waals surface area contributed by atoms with Gasteiger partial charge in [0, 0.05) is 12.0 Å². The van der Waals surface area contributed by atoms with Crippen molar-refractivity contribution in [2.45, 2.75) is 25.3 Å². The first-order valence-electron chi connectivity index (χ1n) is 10.3. The van der Waals surface area contributed by atoms with Crippen molar-refractivity contribution in [3.63, 3.8) is 0 Å². The van der Waals surface area contributed by atoms with Crippen LogP contribution in [0.15, 0.2) is 60.0 Å². The molecule has 0 radical (unpaired) electrons. The zero-order valence-electron chi connectivity index (χ0n) is 18.0. The molecule has 0 aliphatic heterocycles. The number of nitrogens with one attached hydrogen (secondary N) is 2. The third kappa shape index (κ3) is 10.3. The lowest BCUT2D eigenvalue weighted by Gasteiger charge is -2.17. The van der Waals surface area contributed by atoms with Crippen LogP contribution < -0.4 is 14.8 Å². The SMILES string of the molecule is CSCCC(NS(=O)(=O)/C=C/c1ccccc1)C(=O)NCCCCOc1ccc(F)cc1. The molecule has 1 unspecified atom stereocenters. The second-order valence-electron chi connectivity index (χ2n) is 7.01. The predicted molar refractivity (Wildman–Crippen MR) is 128 cm³/mol. The van der Waals surface area contributed by atoms with Crippen molar-refractivity contribution in [3.05, 3.63) is 71.4 Å². The molecule has 0 saturated heterocycles. The lowest BCUT2D eigenvalue weighted by Crippen LogP contribution is -2.46. The number of unbranched alkanes of at least 4 members (excludes halogenated alkanes) is 1. The molecule has 6 nitrogen and oxygen atoms in total. The van der Waals surface area contributed by atoms with E-state index in [1.54, 1.807) is 36.0 Å². The maximum Gasteiger partial charge on any atom is 0.238 e. The summed E-state index contributed by atoms with van der Waals surface area (Å²) < 4.78 is 45.7. The molecule has 0 aliphatic rings. The molecule has 2 rings (SSSR count). The van der Waals surface area contributed by atoms with E-state index in [0.29, 0.717) is 43.9 Å². The van der Waals surface area contributed by atoms with E-state index in [1.165, 1.54) is 18.2 Å². The molecule has 0 heterocycles. The molecule has 0 aromatic heterocycles. The number of carbonyl (C=O) groups is 1. The Morgan fingerprint density at radius 3 is 2.53 bits per heavy atom. The van der Waals surface area contributed by atoms with Crippen LogP contribution in [0.4, 0.5) is 4.39 Å². The van der Waals surface area contributed by atoms with Crippen LogP contribution in [0.2, 0.25) is 0 Å². The van der Waals surface area contributed by atoms with Crippen molar-refractivity contribution >= 4 is 33.8 Å². The normalized spacial score (nSPS) is 12.6. The van der Waals surface area contributed by atoms with E-state index in [4.69, 9.17) is 4.74 Å². The maximum absolute atomic E-state index is 12.9. The van der Waals surface area contributed by atoms with Crippen LogP contribution in [-0.4, -0.2) is 45.5 Å². The summed E-state index contributed by atoms with van der Waals surface area (Å²) in [5.74, 6) is 0.567. The van der Waals surface area contributed by atoms with Gasteiger partial charge in [0.2, 0.25) is 15.9 Å². The van der Waals surface area contributed by atoms with Gasteiger partial charge in [0.25, 0.3) is 0 Å². The maximum atomic E-state index is 12.9. The Morgan fingerprint density at radius 1 is 1.12 bits per heavy atom. The van der Waals surface area contributed by atoms with E-state index in [9.17, 15) is 17.6 Å². The molecular weight excluding hydrogens is 451 g/mol. The Kier molecular flexibility index (Phi) is 11.3. The Hall–Kier alpha value is -2.36. The van der Waals surface area contributed by atoms with Crippen molar-refractivity contribution in [2.24, 2.45) is 0 Å². The molecule has 0 aliphatic carbocycles. The molecule has 2 aromatic rings. The van der Waals surface area contributed by atoms with Crippen molar-refractivity contribution in [3.8, 4) is 5.75 Å². The highest BCUT2D eigenvalue weighted by atomic mass is 32.2. The Balaban J connectivity index is 1.78. The average molecular weight is 481 g/mol. The summed E-state index contributed by atoms with van der Waals surface area (Å²) in [4.78, 5) is 12.5. The van der Waals surface area contributed by atoms with Crippen molar-refractivity contribution < 1.29 is 22.3 Å². The average Bonchev–Trinajstić information content (AvgIpc) is 2.79. The number of hydrogen-bond acceptors (Lipinski definition) is 5. The zero-order valence-corrected chi connectivity index (χ0v) is 19.6. The van der Waals surface area contributed by atoms with E-state index < -0.39 is 16.1 Å². The summed E-state index contributed by atoms with van der Waals surface area (Å²) >= 11 is 1.54. The minimum absolute atomic E-state index is 0.317. The van der Waals surface area contributed by atoms with Gasteiger partial charge in [0.1, 0.15) is 17.6 Å². The van der Waals surface area contributed by atoms with Crippen LogP contribution in [-0.2, 0) is 14.8 Å². The van der Waals surface area contributed by atoms with Gasteiger partial charge < -0.3 is 10.1 Å². The molecule has 2 N–H and O–H groups in total. The molecule has 0 spiro atoms. The second-order valence-corrected chi connectivity index (χ2v) is 9.59. The molecule has 1 atom stereocenters. The molecular formula is C23H29FN2O4S2. The van der Waals surface area contributed by atoms with Gasteiger partial charge in [-0.25, -0.2) is 12.8 Å². The quantitative estimate of drug-likeness (QED) is 0.402. The van der Waals surface area contributed by atoms with Crippen molar-refractivity contribution in [1.29, 1.82) is 0 Å². The standard InChI is InChI=1S/C23H29FN2O4S2/c1-31-17-13-22(26-32(28,29)18-14-19-7-3-2-4-8-19)23(27)25-15-5-6-16-30-21-11-9-20(24)10-12-21/h2-4,7-12,14,18,22,26H,5-6,13,15-17H2,1H3,(H,25,27)/b18-14+. The number of amides is 1. The van der Waals surface area contributed by atoms with Crippen LogP contribution in [0.3, 0.4) is 0 Å². The second kappa shape index (κ2) is 13.9. The molecule has 0 bridgehead atoms. The van der Waals surface area contributed by atoms with Crippen LogP contribution in [0.25, 0.3) is 6.08 Å². The number of hydrogen-bond donors (Lipinski definition) is 2. The summed E-state index contributed by atoms with van der Waals surface area (Å²) in [6, 6.07) is 14.0. The van der Waals surface area contributed by atoms with Gasteiger partial charge in [-0.15, -0.1) is 0 Å². The van der Waals surface area contributed by atoms with Crippen molar-refractivity contribution in [2.75, 3.05) is 25.2 Å². The number of sulfonamides is 1. The Morgan fingerprint density at radius 2 is 1.84 bits per heavy atom. The molecule has 2 aromatic carbocycles. The fraction of sp³-hybridized carbons (Fsp3) is 0.348. The smallest absolute Gasteiger partial charge is 0.238 e. The van der Waals surface area contributed by atoms with Gasteiger partial charge >= 0.3 is 0 Å². The van der Waals surface area contributed by atoms with E-state index in [0.717, 1.165) is 11.0 Å². The van der Waals surface area contributed by atoms with E-state index >= 15 is 0 Å². The third-order valence-corrected chi connectivity index (χ3v) is 6.18. The van der Waals surface area contributed by atoms with Crippen LogP contribution in [0.1, 0.15) is 24.8 Å². The zero-order chi connectivity index (χ0) is 23.2. The van der Waals surface area contributed by atoms with Crippen LogP contribution in [0.5, 0.6) is 5.75 Å². The van der Waals surface area contributed by atoms with E-state index in [-0.39, 0.29) is 11.7 Å². The number of halogens is 1. The van der Waals surface area contributed by atoms with Crippen molar-refractivity contribution in [1.82, 2.24) is 10.0 Å². The molecule has 174 valence electrons. The first-order chi connectivity index (χ1) is 15.4. The number of benzene rings is 2. The third-order valence-electron chi connectivity index (χ3n) is 4.43. The number of ether oxygens (including phenoxy) is 1. The fourth-order valence-electron chi connectivity index (χ4n) is 2.73. The molecule has 9 heteroatoms. The highest BCUT2D eigenvalue weighted by Crippen LogP contribution is 2.11. The minimum Gasteiger partial charge on any atom is -0.494 e. The summed E-state index contributed by atoms with van der Waals surface area (Å²) in [5.41, 5.74) is 0.755. The summed E-state index contributed by atoms with van der Waals surface area (Å²) in [6.07, 6.45) is 5.15. The lowest BCUT2D eigenvalue weighted by atomic mass is 10.2. The Labute approximate surface area is 193 Å². The first kappa shape index (κ1) is 25.9. The summed E-state index contributed by atoms with van der Waals surface area (Å²) in [7, 11) is -3.77. The largest absolute Gasteiger partial charge is 0.494 e.